The van der Waals surface area contributed by atoms with Gasteiger partial charge in [-0.1, -0.05) is 30.3 Å². The summed E-state index contributed by atoms with van der Waals surface area (Å²) in [6, 6.07) is 16.8. The molecule has 3 aromatic rings. The molecule has 1 aromatic heterocycles. The highest BCUT2D eigenvalue weighted by molar-refractivity contribution is 5.81. The molecule has 0 amide bonds. The Kier molecular flexibility index (Phi) is 2.96. The van der Waals surface area contributed by atoms with Crippen molar-refractivity contribution in [2.45, 2.75) is 6.42 Å². The SMILES string of the molecule is c1ccc(CCNc2ccc3cn[nH]c3c2)cc1. The molecule has 3 rings (SSSR count). The Hall–Kier alpha value is -2.29. The first-order valence-electron chi connectivity index (χ1n) is 6.13. The van der Waals surface area contributed by atoms with Crippen molar-refractivity contribution in [1.82, 2.24) is 10.2 Å². The molecule has 0 atom stereocenters. The molecule has 0 aliphatic carbocycles. The first-order chi connectivity index (χ1) is 8.92. The summed E-state index contributed by atoms with van der Waals surface area (Å²) in [5.74, 6) is 0. The van der Waals surface area contributed by atoms with E-state index >= 15 is 0 Å². The molecule has 2 aromatic carbocycles. The van der Waals surface area contributed by atoms with Crippen LogP contribution in [0.3, 0.4) is 0 Å². The van der Waals surface area contributed by atoms with E-state index in [9.17, 15) is 0 Å². The summed E-state index contributed by atoms with van der Waals surface area (Å²) >= 11 is 0. The number of fused-ring (bicyclic) bond motifs is 1. The molecule has 3 nitrogen and oxygen atoms in total. The van der Waals surface area contributed by atoms with Gasteiger partial charge in [0.05, 0.1) is 11.7 Å². The fourth-order valence-electron chi connectivity index (χ4n) is 2.04. The predicted octanol–water partition coefficient (Wildman–Crippen LogP) is 3.22. The van der Waals surface area contributed by atoms with Crippen molar-refractivity contribution in [2.24, 2.45) is 0 Å². The van der Waals surface area contributed by atoms with Crippen LogP contribution >= 0.6 is 0 Å². The van der Waals surface area contributed by atoms with Gasteiger partial charge in [0.2, 0.25) is 0 Å². The van der Waals surface area contributed by atoms with Crippen LogP contribution in [-0.2, 0) is 6.42 Å². The summed E-state index contributed by atoms with van der Waals surface area (Å²) < 4.78 is 0. The first-order valence-corrected chi connectivity index (χ1v) is 6.13. The van der Waals surface area contributed by atoms with E-state index in [-0.39, 0.29) is 0 Å². The van der Waals surface area contributed by atoms with Crippen LogP contribution in [0.5, 0.6) is 0 Å². The van der Waals surface area contributed by atoms with Crippen molar-refractivity contribution in [2.75, 3.05) is 11.9 Å². The van der Waals surface area contributed by atoms with Gasteiger partial charge in [0.15, 0.2) is 0 Å². The molecule has 0 bridgehead atoms. The lowest BCUT2D eigenvalue weighted by molar-refractivity contribution is 1.02. The van der Waals surface area contributed by atoms with Crippen LogP contribution < -0.4 is 5.32 Å². The van der Waals surface area contributed by atoms with E-state index in [1.807, 2.05) is 12.3 Å². The number of aromatic nitrogens is 2. The second kappa shape index (κ2) is 4.92. The molecule has 1 heterocycles. The van der Waals surface area contributed by atoms with E-state index in [1.165, 1.54) is 5.56 Å². The number of aromatic amines is 1. The van der Waals surface area contributed by atoms with Crippen molar-refractivity contribution in [3.8, 4) is 0 Å². The summed E-state index contributed by atoms with van der Waals surface area (Å²) in [5, 5.41) is 11.6. The van der Waals surface area contributed by atoms with Crippen molar-refractivity contribution in [1.29, 1.82) is 0 Å². The second-order valence-corrected chi connectivity index (χ2v) is 4.33. The molecule has 0 aliphatic rings. The number of H-pyrrole nitrogens is 1. The van der Waals surface area contributed by atoms with Gasteiger partial charge in [-0.05, 0) is 30.2 Å². The van der Waals surface area contributed by atoms with Gasteiger partial charge in [-0.3, -0.25) is 5.10 Å². The average molecular weight is 237 g/mol. The van der Waals surface area contributed by atoms with Crippen LogP contribution in [-0.4, -0.2) is 16.7 Å². The quantitative estimate of drug-likeness (QED) is 0.731. The summed E-state index contributed by atoms with van der Waals surface area (Å²) in [6.07, 6.45) is 2.87. The summed E-state index contributed by atoms with van der Waals surface area (Å²) in [4.78, 5) is 0. The topological polar surface area (TPSA) is 40.7 Å². The highest BCUT2D eigenvalue weighted by Crippen LogP contribution is 2.16. The van der Waals surface area contributed by atoms with Gasteiger partial charge < -0.3 is 5.32 Å². The Labute approximate surface area is 106 Å². The van der Waals surface area contributed by atoms with E-state index in [0.29, 0.717) is 0 Å². The van der Waals surface area contributed by atoms with Gasteiger partial charge >= 0.3 is 0 Å². The van der Waals surface area contributed by atoms with Crippen molar-refractivity contribution >= 4 is 16.6 Å². The van der Waals surface area contributed by atoms with E-state index in [4.69, 9.17) is 0 Å². The van der Waals surface area contributed by atoms with Crippen LogP contribution in [0.2, 0.25) is 0 Å². The Morgan fingerprint density at radius 1 is 1.06 bits per heavy atom. The van der Waals surface area contributed by atoms with Crippen LogP contribution in [0.1, 0.15) is 5.56 Å². The number of rotatable bonds is 4. The Bertz CT molecular complexity index is 628. The summed E-state index contributed by atoms with van der Waals surface area (Å²) in [6.45, 7) is 0.934. The maximum Gasteiger partial charge on any atom is 0.0670 e. The van der Waals surface area contributed by atoms with Gasteiger partial charge in [0.1, 0.15) is 0 Å². The maximum atomic E-state index is 4.02. The first kappa shape index (κ1) is 10.8. The molecule has 0 saturated carbocycles. The van der Waals surface area contributed by atoms with Gasteiger partial charge in [0.25, 0.3) is 0 Å². The normalized spacial score (nSPS) is 10.7. The standard InChI is InChI=1S/C15H15N3/c1-2-4-12(5-3-1)8-9-16-14-7-6-13-11-17-18-15(13)10-14/h1-7,10-11,16H,8-9H2,(H,17,18). The number of benzene rings is 2. The number of anilines is 1. The molecule has 0 saturated heterocycles. The van der Waals surface area contributed by atoms with Crippen molar-refractivity contribution < 1.29 is 0 Å². The molecule has 3 heteroatoms. The number of nitrogens with zero attached hydrogens (tertiary/aromatic N) is 1. The van der Waals surface area contributed by atoms with E-state index in [1.54, 1.807) is 0 Å². The molecule has 90 valence electrons. The molecular weight excluding hydrogens is 222 g/mol. The average Bonchev–Trinajstić information content (AvgIpc) is 2.87. The third-order valence-electron chi connectivity index (χ3n) is 3.03. The lowest BCUT2D eigenvalue weighted by atomic mass is 10.1. The van der Waals surface area contributed by atoms with Crippen LogP contribution in [0, 0.1) is 0 Å². The van der Waals surface area contributed by atoms with Gasteiger partial charge in [-0.2, -0.15) is 5.10 Å². The monoisotopic (exact) mass is 237 g/mol. The minimum atomic E-state index is 0.934. The van der Waals surface area contributed by atoms with Gasteiger partial charge in [-0.15, -0.1) is 0 Å². The fourth-order valence-corrected chi connectivity index (χ4v) is 2.04. The zero-order chi connectivity index (χ0) is 12.2. The Morgan fingerprint density at radius 2 is 1.94 bits per heavy atom. The molecule has 2 N–H and O–H groups in total. The zero-order valence-electron chi connectivity index (χ0n) is 10.1. The van der Waals surface area contributed by atoms with Gasteiger partial charge in [-0.25, -0.2) is 0 Å². The predicted molar refractivity (Wildman–Crippen MR) is 74.7 cm³/mol. The summed E-state index contributed by atoms with van der Waals surface area (Å²) in [5.41, 5.74) is 3.55. The highest BCUT2D eigenvalue weighted by atomic mass is 15.1. The highest BCUT2D eigenvalue weighted by Gasteiger charge is 1.97. The number of nitrogens with one attached hydrogen (secondary N) is 2. The fraction of sp³-hybridized carbons (Fsp3) is 0.133. The molecule has 0 radical (unpaired) electrons. The van der Waals surface area contributed by atoms with Crippen molar-refractivity contribution in [3.05, 3.63) is 60.3 Å². The third-order valence-corrected chi connectivity index (χ3v) is 3.03. The minimum Gasteiger partial charge on any atom is -0.385 e. The molecule has 0 spiro atoms. The largest absolute Gasteiger partial charge is 0.385 e. The van der Waals surface area contributed by atoms with Crippen LogP contribution in [0.25, 0.3) is 10.9 Å². The van der Waals surface area contributed by atoms with Crippen LogP contribution in [0.15, 0.2) is 54.7 Å². The smallest absolute Gasteiger partial charge is 0.0670 e. The number of hydrogen-bond acceptors (Lipinski definition) is 2. The summed E-state index contributed by atoms with van der Waals surface area (Å²) in [7, 11) is 0. The third kappa shape index (κ3) is 2.35. The maximum absolute atomic E-state index is 4.02. The van der Waals surface area contributed by atoms with Crippen molar-refractivity contribution in [3.63, 3.8) is 0 Å². The van der Waals surface area contributed by atoms with Crippen LogP contribution in [0.4, 0.5) is 5.69 Å². The lowest BCUT2D eigenvalue weighted by Crippen LogP contribution is -2.04. The molecular formula is C15H15N3. The molecule has 0 fully saturated rings. The van der Waals surface area contributed by atoms with E-state index < -0.39 is 0 Å². The molecule has 0 unspecified atom stereocenters. The molecule has 0 aliphatic heterocycles. The minimum absolute atomic E-state index is 0.934. The second-order valence-electron chi connectivity index (χ2n) is 4.33. The van der Waals surface area contributed by atoms with E-state index in [0.717, 1.165) is 29.6 Å². The molecule has 18 heavy (non-hydrogen) atoms. The lowest BCUT2D eigenvalue weighted by Gasteiger charge is -2.06. The Balaban J connectivity index is 1.62. The number of hydrogen-bond donors (Lipinski definition) is 2. The zero-order valence-corrected chi connectivity index (χ0v) is 10.1. The van der Waals surface area contributed by atoms with Gasteiger partial charge in [0, 0.05) is 17.6 Å². The Morgan fingerprint density at radius 3 is 2.83 bits per heavy atom. The van der Waals surface area contributed by atoms with E-state index in [2.05, 4.69) is 58.0 Å².